The zero-order valence-electron chi connectivity index (χ0n) is 16.4. The molecule has 1 unspecified atom stereocenters. The van der Waals surface area contributed by atoms with Gasteiger partial charge in [0, 0.05) is 18.9 Å². The molecule has 2 aliphatic heterocycles. The lowest BCUT2D eigenvalue weighted by Crippen LogP contribution is -2.69. The van der Waals surface area contributed by atoms with Crippen LogP contribution in [0.3, 0.4) is 0 Å². The third-order valence-electron chi connectivity index (χ3n) is 5.62. The van der Waals surface area contributed by atoms with Gasteiger partial charge in [0.1, 0.15) is 0 Å². The van der Waals surface area contributed by atoms with Crippen LogP contribution in [0, 0.1) is 0 Å². The predicted molar refractivity (Wildman–Crippen MR) is 102 cm³/mol. The van der Waals surface area contributed by atoms with Crippen LogP contribution in [0.1, 0.15) is 55.8 Å². The number of fused-ring (bicyclic) bond motifs is 3. The zero-order chi connectivity index (χ0) is 20.6. The minimum Gasteiger partial charge on any atom is -0.463 e. The van der Waals surface area contributed by atoms with Gasteiger partial charge in [0.05, 0.1) is 17.9 Å². The van der Waals surface area contributed by atoms with Crippen molar-refractivity contribution in [2.45, 2.75) is 57.2 Å². The smallest absolute Gasteiger partial charge is 0.354 e. The van der Waals surface area contributed by atoms with E-state index < -0.39 is 24.2 Å². The molecular formula is C21H24N2O6. The van der Waals surface area contributed by atoms with E-state index in [0.717, 1.165) is 25.7 Å². The highest BCUT2D eigenvalue weighted by molar-refractivity contribution is 6.15. The third-order valence-corrected chi connectivity index (χ3v) is 5.62. The molecule has 2 heterocycles. The lowest BCUT2D eigenvalue weighted by atomic mass is 9.96. The van der Waals surface area contributed by atoms with Crippen LogP contribution >= 0.6 is 0 Å². The number of nitrogens with zero attached hydrogens (tertiary/aromatic N) is 2. The minimum absolute atomic E-state index is 0.117. The van der Waals surface area contributed by atoms with E-state index in [0.29, 0.717) is 11.3 Å². The highest BCUT2D eigenvalue weighted by Crippen LogP contribution is 2.49. The van der Waals surface area contributed by atoms with Gasteiger partial charge in [-0.3, -0.25) is 14.5 Å². The highest BCUT2D eigenvalue weighted by Gasteiger charge is 2.64. The number of esters is 2. The standard InChI is InChI=1S/C21H24N2O6/c1-2-3-12-28-18(25)13-29-20(27)21-11-10-17(24)23(21)16-7-5-4-6-15(16)19(26)22(21)14-8-9-14/h4-7,14H,2-3,8-13H2,1H3. The first-order valence-electron chi connectivity index (χ1n) is 10.1. The molecule has 8 heteroatoms. The largest absolute Gasteiger partial charge is 0.463 e. The summed E-state index contributed by atoms with van der Waals surface area (Å²) < 4.78 is 10.3. The molecule has 1 aromatic rings. The van der Waals surface area contributed by atoms with Crippen molar-refractivity contribution in [1.82, 2.24) is 4.90 Å². The molecule has 8 nitrogen and oxygen atoms in total. The van der Waals surface area contributed by atoms with Crippen molar-refractivity contribution in [3.63, 3.8) is 0 Å². The Labute approximate surface area is 168 Å². The first-order chi connectivity index (χ1) is 14.0. The maximum Gasteiger partial charge on any atom is 0.354 e. The van der Waals surface area contributed by atoms with Crippen LogP contribution in [0.25, 0.3) is 0 Å². The number of hydrogen-bond donors (Lipinski definition) is 0. The Balaban J connectivity index is 1.64. The van der Waals surface area contributed by atoms with E-state index in [4.69, 9.17) is 9.47 Å². The normalized spacial score (nSPS) is 22.9. The highest BCUT2D eigenvalue weighted by atomic mass is 16.6. The topological polar surface area (TPSA) is 93.2 Å². The number of unbranched alkanes of at least 4 members (excludes halogenated alkanes) is 1. The van der Waals surface area contributed by atoms with Crippen molar-refractivity contribution in [2.24, 2.45) is 0 Å². The fraction of sp³-hybridized carbons (Fsp3) is 0.524. The van der Waals surface area contributed by atoms with Crippen LogP contribution in [-0.2, 0) is 23.9 Å². The number of anilines is 1. The van der Waals surface area contributed by atoms with E-state index >= 15 is 0 Å². The maximum atomic E-state index is 13.3. The number of hydrogen-bond acceptors (Lipinski definition) is 6. The van der Waals surface area contributed by atoms with Crippen molar-refractivity contribution in [1.29, 1.82) is 0 Å². The van der Waals surface area contributed by atoms with Crippen molar-refractivity contribution in [3.05, 3.63) is 29.8 Å². The molecule has 2 fully saturated rings. The number of amides is 2. The quantitative estimate of drug-likeness (QED) is 0.513. The second-order valence-corrected chi connectivity index (χ2v) is 7.62. The van der Waals surface area contributed by atoms with Gasteiger partial charge < -0.3 is 14.4 Å². The van der Waals surface area contributed by atoms with Crippen LogP contribution in [0.15, 0.2) is 24.3 Å². The Kier molecular flexibility index (Phi) is 5.02. The second kappa shape index (κ2) is 7.50. The molecule has 1 aromatic carbocycles. The predicted octanol–water partition coefficient (Wildman–Crippen LogP) is 2.01. The number of carbonyl (C=O) groups is 4. The minimum atomic E-state index is -1.53. The Morgan fingerprint density at radius 1 is 1.17 bits per heavy atom. The van der Waals surface area contributed by atoms with E-state index in [9.17, 15) is 19.2 Å². The molecule has 154 valence electrons. The zero-order valence-corrected chi connectivity index (χ0v) is 16.4. The number of para-hydroxylation sites is 1. The summed E-state index contributed by atoms with van der Waals surface area (Å²) in [4.78, 5) is 54.1. The maximum absolute atomic E-state index is 13.3. The molecule has 0 radical (unpaired) electrons. The first-order valence-corrected chi connectivity index (χ1v) is 10.1. The molecule has 4 rings (SSSR count). The van der Waals surface area contributed by atoms with Gasteiger partial charge >= 0.3 is 11.9 Å². The van der Waals surface area contributed by atoms with E-state index in [2.05, 4.69) is 0 Å². The molecular weight excluding hydrogens is 376 g/mol. The van der Waals surface area contributed by atoms with Crippen LogP contribution in [-0.4, -0.2) is 53.6 Å². The Morgan fingerprint density at radius 2 is 1.93 bits per heavy atom. The number of benzene rings is 1. The molecule has 29 heavy (non-hydrogen) atoms. The molecule has 1 aliphatic carbocycles. The fourth-order valence-corrected chi connectivity index (χ4v) is 4.12. The fourth-order valence-electron chi connectivity index (χ4n) is 4.12. The van der Waals surface area contributed by atoms with Gasteiger partial charge in [-0.2, -0.15) is 0 Å². The second-order valence-electron chi connectivity index (χ2n) is 7.62. The summed E-state index contributed by atoms with van der Waals surface area (Å²) in [6.45, 7) is 1.70. The molecule has 0 spiro atoms. The Bertz CT molecular complexity index is 864. The molecule has 0 bridgehead atoms. The van der Waals surface area contributed by atoms with Gasteiger partial charge in [-0.05, 0) is 31.4 Å². The SMILES string of the molecule is CCCCOC(=O)COC(=O)C12CCC(=O)N1c1ccccc1C(=O)N2C1CC1. The van der Waals surface area contributed by atoms with Gasteiger partial charge in [0.2, 0.25) is 11.6 Å². The lowest BCUT2D eigenvalue weighted by Gasteiger charge is -2.48. The number of carbonyl (C=O) groups excluding carboxylic acids is 4. The number of rotatable bonds is 7. The summed E-state index contributed by atoms with van der Waals surface area (Å²) >= 11 is 0. The molecule has 1 saturated heterocycles. The first kappa shape index (κ1) is 19.4. The van der Waals surface area contributed by atoms with Crippen LogP contribution < -0.4 is 4.90 Å². The van der Waals surface area contributed by atoms with E-state index in [-0.39, 0.29) is 37.3 Å². The van der Waals surface area contributed by atoms with E-state index in [1.165, 1.54) is 9.80 Å². The summed E-state index contributed by atoms with van der Waals surface area (Å²) in [6, 6.07) is 6.68. The van der Waals surface area contributed by atoms with Crippen molar-refractivity contribution in [2.75, 3.05) is 18.1 Å². The third kappa shape index (κ3) is 3.16. The summed E-state index contributed by atoms with van der Waals surface area (Å²) in [5, 5.41) is 0. The Hall–Kier alpha value is -2.90. The van der Waals surface area contributed by atoms with Gasteiger partial charge in [-0.1, -0.05) is 25.5 Å². The van der Waals surface area contributed by atoms with E-state index in [1.807, 2.05) is 6.92 Å². The summed E-state index contributed by atoms with van der Waals surface area (Å²) in [5.41, 5.74) is -0.718. The Morgan fingerprint density at radius 3 is 2.66 bits per heavy atom. The van der Waals surface area contributed by atoms with Crippen LogP contribution in [0.2, 0.25) is 0 Å². The van der Waals surface area contributed by atoms with E-state index in [1.54, 1.807) is 24.3 Å². The summed E-state index contributed by atoms with van der Waals surface area (Å²) in [6.07, 6.45) is 3.42. The number of ether oxygens (including phenoxy) is 2. The lowest BCUT2D eigenvalue weighted by molar-refractivity contribution is -0.166. The molecule has 2 amide bonds. The summed E-state index contributed by atoms with van der Waals surface area (Å²) in [5.74, 6) is -1.92. The monoisotopic (exact) mass is 400 g/mol. The molecule has 3 aliphatic rings. The molecule has 1 atom stereocenters. The molecule has 0 N–H and O–H groups in total. The average molecular weight is 400 g/mol. The van der Waals surface area contributed by atoms with Crippen molar-refractivity contribution >= 4 is 29.4 Å². The van der Waals surface area contributed by atoms with Gasteiger partial charge in [-0.15, -0.1) is 0 Å². The van der Waals surface area contributed by atoms with Crippen LogP contribution in [0.4, 0.5) is 5.69 Å². The summed E-state index contributed by atoms with van der Waals surface area (Å²) in [7, 11) is 0. The van der Waals surface area contributed by atoms with Gasteiger partial charge in [0.15, 0.2) is 6.61 Å². The average Bonchev–Trinajstić information content (AvgIpc) is 3.49. The van der Waals surface area contributed by atoms with Crippen molar-refractivity contribution in [3.8, 4) is 0 Å². The van der Waals surface area contributed by atoms with Crippen molar-refractivity contribution < 1.29 is 28.7 Å². The van der Waals surface area contributed by atoms with Gasteiger partial charge in [0.25, 0.3) is 5.91 Å². The van der Waals surface area contributed by atoms with Crippen LogP contribution in [0.5, 0.6) is 0 Å². The van der Waals surface area contributed by atoms with Gasteiger partial charge in [-0.25, -0.2) is 9.59 Å². The molecule has 0 aromatic heterocycles. The molecule has 1 saturated carbocycles.